The third-order valence-electron chi connectivity index (χ3n) is 4.54. The summed E-state index contributed by atoms with van der Waals surface area (Å²) in [5.74, 6) is 0.369. The number of nitrogens with zero attached hydrogens (tertiary/aromatic N) is 3. The summed E-state index contributed by atoms with van der Waals surface area (Å²) in [6.45, 7) is 5.99. The van der Waals surface area contributed by atoms with Crippen LogP contribution in [0.4, 0.5) is 15.8 Å². The monoisotopic (exact) mass is 511 g/mol. The summed E-state index contributed by atoms with van der Waals surface area (Å²) in [5.41, 5.74) is 1.78. The molecule has 0 aromatic heterocycles. The van der Waals surface area contributed by atoms with E-state index >= 15 is 0 Å². The van der Waals surface area contributed by atoms with E-state index < -0.39 is 0 Å². The Morgan fingerprint density at radius 3 is 2.31 bits per heavy atom. The molecule has 1 saturated heterocycles. The highest BCUT2D eigenvalue weighted by atomic mass is 127. The van der Waals surface area contributed by atoms with Gasteiger partial charge in [0.15, 0.2) is 5.96 Å². The van der Waals surface area contributed by atoms with Crippen molar-refractivity contribution >= 4 is 47.2 Å². The average molecular weight is 511 g/mol. The smallest absolute Gasteiger partial charge is 0.246 e. The summed E-state index contributed by atoms with van der Waals surface area (Å²) in [5, 5.41) is 6.11. The maximum Gasteiger partial charge on any atom is 0.246 e. The topological polar surface area (TPSA) is 60.0 Å². The second kappa shape index (κ2) is 11.6. The highest BCUT2D eigenvalue weighted by molar-refractivity contribution is 14.0. The molecule has 0 aliphatic carbocycles. The van der Waals surface area contributed by atoms with Gasteiger partial charge in [0, 0.05) is 44.1 Å². The number of hydrogen-bond acceptors (Lipinski definition) is 3. The van der Waals surface area contributed by atoms with Crippen molar-refractivity contribution in [2.45, 2.75) is 6.92 Å². The average Bonchev–Trinajstić information content (AvgIpc) is 2.73. The third-order valence-corrected chi connectivity index (χ3v) is 4.54. The zero-order valence-corrected chi connectivity index (χ0v) is 18.8. The van der Waals surface area contributed by atoms with Crippen LogP contribution in [-0.2, 0) is 4.79 Å². The Kier molecular flexibility index (Phi) is 9.17. The summed E-state index contributed by atoms with van der Waals surface area (Å²) in [6.07, 6.45) is 0. The fourth-order valence-electron chi connectivity index (χ4n) is 3.12. The number of piperazine rings is 1. The maximum absolute atomic E-state index is 13.1. The van der Waals surface area contributed by atoms with Gasteiger partial charge in [0.05, 0.1) is 0 Å². The number of hydrogen-bond donors (Lipinski definition) is 2. The number of para-hydroxylation sites is 1. The third kappa shape index (κ3) is 6.88. The molecular formula is C21H27FIN5O. The van der Waals surface area contributed by atoms with E-state index in [1.54, 1.807) is 12.1 Å². The van der Waals surface area contributed by atoms with Gasteiger partial charge >= 0.3 is 0 Å². The number of carbonyl (C=O) groups is 1. The summed E-state index contributed by atoms with van der Waals surface area (Å²) < 4.78 is 13.1. The molecule has 0 atom stereocenters. The lowest BCUT2D eigenvalue weighted by atomic mass is 10.2. The van der Waals surface area contributed by atoms with Crippen molar-refractivity contribution in [2.24, 2.45) is 4.99 Å². The first kappa shape index (κ1) is 22.9. The van der Waals surface area contributed by atoms with Gasteiger partial charge in [-0.2, -0.15) is 0 Å². The number of carbonyl (C=O) groups excluding carboxylic acids is 1. The van der Waals surface area contributed by atoms with Crippen molar-refractivity contribution in [1.29, 1.82) is 0 Å². The zero-order valence-electron chi connectivity index (χ0n) is 16.5. The number of halogens is 2. The predicted octanol–water partition coefficient (Wildman–Crippen LogP) is 3.17. The molecule has 2 aromatic carbocycles. The lowest BCUT2D eigenvalue weighted by molar-refractivity contribution is -0.114. The number of nitrogens with one attached hydrogen (secondary N) is 2. The number of guanidine groups is 1. The molecule has 0 radical (unpaired) electrons. The van der Waals surface area contributed by atoms with Crippen molar-refractivity contribution in [3.8, 4) is 0 Å². The summed E-state index contributed by atoms with van der Waals surface area (Å²) >= 11 is 0. The van der Waals surface area contributed by atoms with E-state index in [-0.39, 0.29) is 42.2 Å². The quantitative estimate of drug-likeness (QED) is 0.368. The van der Waals surface area contributed by atoms with Crippen LogP contribution >= 0.6 is 24.0 Å². The Balaban J connectivity index is 0.00000300. The van der Waals surface area contributed by atoms with Crippen LogP contribution in [0.25, 0.3) is 0 Å². The molecule has 0 bridgehead atoms. The van der Waals surface area contributed by atoms with Crippen LogP contribution in [0.1, 0.15) is 6.92 Å². The number of benzene rings is 2. The second-order valence-corrected chi connectivity index (χ2v) is 6.53. The second-order valence-electron chi connectivity index (χ2n) is 6.53. The first-order valence-corrected chi connectivity index (χ1v) is 9.54. The summed E-state index contributed by atoms with van der Waals surface area (Å²) in [6, 6.07) is 15.9. The Morgan fingerprint density at radius 1 is 1.03 bits per heavy atom. The lowest BCUT2D eigenvalue weighted by Gasteiger charge is -2.37. The van der Waals surface area contributed by atoms with E-state index in [1.807, 2.05) is 37.3 Å². The van der Waals surface area contributed by atoms with Crippen molar-refractivity contribution in [1.82, 2.24) is 10.2 Å². The Bertz CT molecular complexity index is 792. The first-order valence-electron chi connectivity index (χ1n) is 9.54. The normalized spacial score (nSPS) is 14.2. The minimum absolute atomic E-state index is 0. The highest BCUT2D eigenvalue weighted by Gasteiger charge is 2.20. The zero-order chi connectivity index (χ0) is 19.8. The van der Waals surface area contributed by atoms with Gasteiger partial charge in [0.2, 0.25) is 5.91 Å². The molecular weight excluding hydrogens is 484 g/mol. The number of aliphatic imine (C=N–C) groups is 1. The molecule has 2 aromatic rings. The van der Waals surface area contributed by atoms with Crippen LogP contribution in [0.2, 0.25) is 0 Å². The van der Waals surface area contributed by atoms with Gasteiger partial charge in [-0.15, -0.1) is 24.0 Å². The van der Waals surface area contributed by atoms with E-state index in [2.05, 4.69) is 25.4 Å². The van der Waals surface area contributed by atoms with Crippen molar-refractivity contribution in [2.75, 3.05) is 49.5 Å². The SMILES string of the molecule is CCNC(=NCC(=O)Nc1ccccc1)N1CCN(c2ccc(F)cc2)CC1.I. The Labute approximate surface area is 188 Å². The molecule has 1 aliphatic heterocycles. The van der Waals surface area contributed by atoms with Gasteiger partial charge in [-0.1, -0.05) is 18.2 Å². The minimum Gasteiger partial charge on any atom is -0.368 e. The van der Waals surface area contributed by atoms with Gasteiger partial charge in [0.25, 0.3) is 0 Å². The summed E-state index contributed by atoms with van der Waals surface area (Å²) in [7, 11) is 0. The summed E-state index contributed by atoms with van der Waals surface area (Å²) in [4.78, 5) is 21.0. The molecule has 156 valence electrons. The van der Waals surface area contributed by atoms with E-state index in [4.69, 9.17) is 0 Å². The molecule has 0 saturated carbocycles. The maximum atomic E-state index is 13.1. The van der Waals surface area contributed by atoms with Crippen LogP contribution in [0.3, 0.4) is 0 Å². The molecule has 0 spiro atoms. The largest absolute Gasteiger partial charge is 0.368 e. The van der Waals surface area contributed by atoms with Gasteiger partial charge in [-0.05, 0) is 43.3 Å². The van der Waals surface area contributed by atoms with E-state index in [1.165, 1.54) is 12.1 Å². The molecule has 8 heteroatoms. The number of amides is 1. The highest BCUT2D eigenvalue weighted by Crippen LogP contribution is 2.17. The van der Waals surface area contributed by atoms with Crippen LogP contribution in [-0.4, -0.2) is 56.0 Å². The van der Waals surface area contributed by atoms with Crippen LogP contribution in [0.5, 0.6) is 0 Å². The molecule has 1 aliphatic rings. The molecule has 1 amide bonds. The van der Waals surface area contributed by atoms with Gasteiger partial charge in [0.1, 0.15) is 12.4 Å². The van der Waals surface area contributed by atoms with E-state index in [0.717, 1.165) is 50.1 Å². The van der Waals surface area contributed by atoms with Crippen LogP contribution in [0, 0.1) is 5.82 Å². The fraction of sp³-hybridized carbons (Fsp3) is 0.333. The van der Waals surface area contributed by atoms with Crippen molar-refractivity contribution in [3.05, 3.63) is 60.4 Å². The Hall–Kier alpha value is -2.36. The van der Waals surface area contributed by atoms with Crippen molar-refractivity contribution < 1.29 is 9.18 Å². The lowest BCUT2D eigenvalue weighted by Crippen LogP contribution is -2.52. The Morgan fingerprint density at radius 2 is 1.69 bits per heavy atom. The first-order chi connectivity index (χ1) is 13.7. The minimum atomic E-state index is -0.224. The van der Waals surface area contributed by atoms with Crippen LogP contribution in [0.15, 0.2) is 59.6 Å². The molecule has 0 unspecified atom stereocenters. The molecule has 3 rings (SSSR count). The van der Waals surface area contributed by atoms with Crippen LogP contribution < -0.4 is 15.5 Å². The molecule has 6 nitrogen and oxygen atoms in total. The number of anilines is 2. The van der Waals surface area contributed by atoms with Crippen molar-refractivity contribution in [3.63, 3.8) is 0 Å². The fourth-order valence-corrected chi connectivity index (χ4v) is 3.12. The van der Waals surface area contributed by atoms with Gasteiger partial charge in [-0.25, -0.2) is 9.38 Å². The van der Waals surface area contributed by atoms with E-state index in [9.17, 15) is 9.18 Å². The van der Waals surface area contributed by atoms with E-state index in [0.29, 0.717) is 0 Å². The predicted molar refractivity (Wildman–Crippen MR) is 127 cm³/mol. The molecule has 1 fully saturated rings. The van der Waals surface area contributed by atoms with Gasteiger partial charge in [-0.3, -0.25) is 4.79 Å². The number of rotatable bonds is 5. The molecule has 2 N–H and O–H groups in total. The standard InChI is InChI=1S/C21H26FN5O.HI/c1-2-23-21(24-16-20(28)25-18-6-4-3-5-7-18)27-14-12-26(13-15-27)19-10-8-17(22)9-11-19;/h3-11H,2,12-16H2,1H3,(H,23,24)(H,25,28);1H. The molecule has 1 heterocycles. The van der Waals surface area contributed by atoms with Gasteiger partial charge < -0.3 is 20.4 Å². The molecule has 29 heavy (non-hydrogen) atoms.